The Hall–Kier alpha value is -2.47. The largest absolute Gasteiger partial charge is 0.478 e. The van der Waals surface area contributed by atoms with Gasteiger partial charge in [-0.1, -0.05) is 39.1 Å². The number of carboxylic acid groups (broad SMARTS) is 2. The van der Waals surface area contributed by atoms with Crippen molar-refractivity contribution < 1.29 is 28.8 Å². The van der Waals surface area contributed by atoms with Gasteiger partial charge in [0.05, 0.1) is 24.3 Å². The summed E-state index contributed by atoms with van der Waals surface area (Å²) in [5.41, 5.74) is 2.07. The quantitative estimate of drug-likeness (QED) is 0.567. The van der Waals surface area contributed by atoms with Crippen molar-refractivity contribution >= 4 is 19.4 Å². The Balaban J connectivity index is 0.00000364. The van der Waals surface area contributed by atoms with Crippen LogP contribution in [0.2, 0.25) is 0 Å². The number of carbonyl (C=O) groups is 2. The van der Waals surface area contributed by atoms with E-state index in [1.54, 1.807) is 38.0 Å². The Morgan fingerprint density at radius 2 is 1.14 bits per heavy atom. The standard InChI is InChI=1S/C18H20NO6P.2CH4/c1-19-26(2,24-11-13-3-7-15(8-4-13)17(20)21)25-12-14-5-9-16(10-6-14)18(22)23;;/h3-10H,11-12H2,1-2H3,(H,20,21)(H,22,23);2*1H4. The maximum absolute atomic E-state index is 10.9. The van der Waals surface area contributed by atoms with Gasteiger partial charge in [-0.15, -0.1) is 0 Å². The van der Waals surface area contributed by atoms with Crippen molar-refractivity contribution in [2.75, 3.05) is 13.7 Å². The monoisotopic (exact) mass is 409 g/mol. The number of aromatic carboxylic acids is 2. The fourth-order valence-electron chi connectivity index (χ4n) is 2.03. The predicted molar refractivity (Wildman–Crippen MR) is 111 cm³/mol. The zero-order chi connectivity index (χ0) is 19.2. The molecule has 0 heterocycles. The molecule has 0 fully saturated rings. The molecular formula is C20H28NO6P. The first-order valence-electron chi connectivity index (χ1n) is 7.74. The molecule has 0 saturated heterocycles. The third-order valence-electron chi connectivity index (χ3n) is 3.71. The van der Waals surface area contributed by atoms with Crippen LogP contribution in [0.1, 0.15) is 46.7 Å². The molecule has 2 rings (SSSR count). The normalized spacial score (nSPS) is 10.4. The van der Waals surface area contributed by atoms with Gasteiger partial charge in [-0.25, -0.2) is 9.59 Å². The smallest absolute Gasteiger partial charge is 0.335 e. The Kier molecular flexibility index (Phi) is 10.4. The van der Waals surface area contributed by atoms with Gasteiger partial charge < -0.3 is 19.3 Å². The molecule has 0 unspecified atom stereocenters. The van der Waals surface area contributed by atoms with Crippen molar-refractivity contribution in [1.29, 1.82) is 0 Å². The van der Waals surface area contributed by atoms with Gasteiger partial charge in [-0.05, 0) is 35.4 Å². The Labute approximate surface area is 166 Å². The molecule has 0 amide bonds. The summed E-state index contributed by atoms with van der Waals surface area (Å²) in [5.74, 6) is -1.95. The maximum Gasteiger partial charge on any atom is 0.335 e. The predicted octanol–water partition coefficient (Wildman–Crippen LogP) is 5.38. The average molecular weight is 409 g/mol. The van der Waals surface area contributed by atoms with E-state index < -0.39 is 19.4 Å². The fourth-order valence-corrected chi connectivity index (χ4v) is 3.11. The van der Waals surface area contributed by atoms with E-state index in [0.29, 0.717) is 0 Å². The summed E-state index contributed by atoms with van der Waals surface area (Å²) in [7, 11) is -0.831. The molecule has 8 heteroatoms. The van der Waals surface area contributed by atoms with Crippen LogP contribution in [0.4, 0.5) is 0 Å². The van der Waals surface area contributed by atoms with Gasteiger partial charge in [0.1, 0.15) is 0 Å². The minimum atomic E-state index is -2.45. The van der Waals surface area contributed by atoms with Crippen LogP contribution < -0.4 is 0 Å². The third kappa shape index (κ3) is 7.27. The molecule has 28 heavy (non-hydrogen) atoms. The summed E-state index contributed by atoms with van der Waals surface area (Å²) in [6.45, 7) is 2.28. The SMILES string of the molecule is C.C.CN=P(C)(OCc1ccc(C(=O)O)cc1)OCc1ccc(C(=O)O)cc1. The highest BCUT2D eigenvalue weighted by Gasteiger charge is 2.15. The van der Waals surface area contributed by atoms with E-state index in [9.17, 15) is 9.59 Å². The van der Waals surface area contributed by atoms with Crippen LogP contribution in [-0.4, -0.2) is 35.9 Å². The van der Waals surface area contributed by atoms with Crippen LogP contribution in [-0.2, 0) is 22.3 Å². The van der Waals surface area contributed by atoms with Gasteiger partial charge in [-0.2, -0.15) is 0 Å². The topological polar surface area (TPSA) is 105 Å². The summed E-state index contributed by atoms with van der Waals surface area (Å²) in [5, 5.41) is 17.8. The third-order valence-corrected chi connectivity index (χ3v) is 5.65. The Bertz CT molecular complexity index is 765. The van der Waals surface area contributed by atoms with Crippen LogP contribution in [0.25, 0.3) is 0 Å². The van der Waals surface area contributed by atoms with E-state index in [1.165, 1.54) is 24.3 Å². The second kappa shape index (κ2) is 11.4. The Morgan fingerprint density at radius 1 is 0.821 bits per heavy atom. The maximum atomic E-state index is 10.9. The minimum Gasteiger partial charge on any atom is -0.478 e. The molecule has 0 saturated carbocycles. The molecule has 0 bridgehead atoms. The lowest BCUT2D eigenvalue weighted by molar-refractivity contribution is 0.0686. The van der Waals surface area contributed by atoms with Crippen LogP contribution in [0, 0.1) is 0 Å². The van der Waals surface area contributed by atoms with Crippen LogP contribution in [0.5, 0.6) is 0 Å². The first-order valence-corrected chi connectivity index (χ1v) is 9.77. The molecule has 2 aromatic rings. The van der Waals surface area contributed by atoms with E-state index in [-0.39, 0.29) is 39.2 Å². The highest BCUT2D eigenvalue weighted by molar-refractivity contribution is 7.55. The van der Waals surface area contributed by atoms with Gasteiger partial charge in [0.2, 0.25) is 7.51 Å². The number of benzene rings is 2. The number of hydrogen-bond donors (Lipinski definition) is 2. The molecule has 2 aromatic carbocycles. The molecule has 154 valence electrons. The van der Waals surface area contributed by atoms with Gasteiger partial charge >= 0.3 is 11.9 Å². The van der Waals surface area contributed by atoms with E-state index in [2.05, 4.69) is 4.74 Å². The van der Waals surface area contributed by atoms with Gasteiger partial charge in [-0.3, -0.25) is 4.74 Å². The second-order valence-electron chi connectivity index (χ2n) is 5.55. The van der Waals surface area contributed by atoms with Crippen molar-refractivity contribution in [1.82, 2.24) is 0 Å². The van der Waals surface area contributed by atoms with E-state index >= 15 is 0 Å². The highest BCUT2D eigenvalue weighted by atomic mass is 31.2. The lowest BCUT2D eigenvalue weighted by Crippen LogP contribution is -2.00. The Morgan fingerprint density at radius 3 is 1.39 bits per heavy atom. The van der Waals surface area contributed by atoms with E-state index in [1.807, 2.05) is 0 Å². The van der Waals surface area contributed by atoms with Crippen molar-refractivity contribution in [3.63, 3.8) is 0 Å². The molecule has 0 aliphatic heterocycles. The number of rotatable bonds is 8. The number of nitrogens with zero attached hydrogens (tertiary/aromatic N) is 1. The molecule has 2 N–H and O–H groups in total. The van der Waals surface area contributed by atoms with Crippen LogP contribution in [0.15, 0.2) is 53.3 Å². The first kappa shape index (κ1) is 25.5. The highest BCUT2D eigenvalue weighted by Crippen LogP contribution is 2.49. The molecule has 7 nitrogen and oxygen atoms in total. The second-order valence-corrected chi connectivity index (χ2v) is 8.08. The zero-order valence-electron chi connectivity index (χ0n) is 14.5. The van der Waals surface area contributed by atoms with Gasteiger partial charge in [0.15, 0.2) is 0 Å². The van der Waals surface area contributed by atoms with E-state index in [4.69, 9.17) is 19.3 Å². The first-order chi connectivity index (χ1) is 12.3. The molecular weight excluding hydrogens is 381 g/mol. The summed E-state index contributed by atoms with van der Waals surface area (Å²) >= 11 is 0. The number of carboxylic acids is 2. The summed E-state index contributed by atoms with van der Waals surface area (Å²) in [6, 6.07) is 12.8. The lowest BCUT2D eigenvalue weighted by Gasteiger charge is -2.20. The van der Waals surface area contributed by atoms with Crippen molar-refractivity contribution in [3.8, 4) is 0 Å². The lowest BCUT2D eigenvalue weighted by atomic mass is 10.1. The van der Waals surface area contributed by atoms with Gasteiger partial charge in [0, 0.05) is 13.7 Å². The molecule has 0 aromatic heterocycles. The number of hydrogen-bond acceptors (Lipinski definition) is 5. The van der Waals surface area contributed by atoms with Crippen molar-refractivity contribution in [3.05, 3.63) is 70.8 Å². The van der Waals surface area contributed by atoms with E-state index in [0.717, 1.165) is 11.1 Å². The molecule has 0 aliphatic carbocycles. The summed E-state index contributed by atoms with van der Waals surface area (Å²) < 4.78 is 15.9. The fraction of sp³-hybridized carbons (Fsp3) is 0.300. The van der Waals surface area contributed by atoms with Gasteiger partial charge in [0.25, 0.3) is 0 Å². The molecule has 0 atom stereocenters. The summed E-state index contributed by atoms with van der Waals surface area (Å²) in [4.78, 5) is 21.7. The van der Waals surface area contributed by atoms with Crippen LogP contribution in [0.3, 0.4) is 0 Å². The van der Waals surface area contributed by atoms with Crippen molar-refractivity contribution in [2.45, 2.75) is 28.1 Å². The molecule has 0 spiro atoms. The molecule has 0 radical (unpaired) electrons. The zero-order valence-corrected chi connectivity index (χ0v) is 15.3. The minimum absolute atomic E-state index is 0. The van der Waals surface area contributed by atoms with Crippen LogP contribution >= 0.6 is 7.51 Å². The van der Waals surface area contributed by atoms with Crippen molar-refractivity contribution in [2.24, 2.45) is 4.74 Å². The summed E-state index contributed by atoms with van der Waals surface area (Å²) in [6.07, 6.45) is 0. The molecule has 0 aliphatic rings. The average Bonchev–Trinajstić information content (AvgIpc) is 2.65.